The van der Waals surface area contributed by atoms with Gasteiger partial charge in [0, 0.05) is 17.7 Å². The van der Waals surface area contributed by atoms with Gasteiger partial charge in [-0.15, -0.1) is 11.8 Å². The van der Waals surface area contributed by atoms with Crippen LogP contribution in [0.25, 0.3) is 11.1 Å². The first-order valence-electron chi connectivity index (χ1n) is 8.93. The van der Waals surface area contributed by atoms with Crippen LogP contribution < -0.4 is 5.73 Å². The number of rotatable bonds is 6. The maximum Gasteiger partial charge on any atom is 0.321 e. The van der Waals surface area contributed by atoms with E-state index >= 15 is 0 Å². The maximum absolute atomic E-state index is 13.3. The number of thioether (sulfide) groups is 1. The summed E-state index contributed by atoms with van der Waals surface area (Å²) in [4.78, 5) is 11.6. The molecule has 2 atom stereocenters. The summed E-state index contributed by atoms with van der Waals surface area (Å²) < 4.78 is 27.9. The van der Waals surface area contributed by atoms with Crippen molar-refractivity contribution in [1.29, 1.82) is 0 Å². The van der Waals surface area contributed by atoms with Gasteiger partial charge < -0.3 is 10.8 Å². The molecule has 0 bridgehead atoms. The molecule has 0 radical (unpaired) electrons. The van der Waals surface area contributed by atoms with E-state index in [2.05, 4.69) is 0 Å². The maximum atomic E-state index is 13.3. The number of hydrogen-bond acceptors (Lipinski definition) is 5. The number of sulfonamides is 1. The summed E-state index contributed by atoms with van der Waals surface area (Å²) in [5.74, 6) is -0.538. The van der Waals surface area contributed by atoms with Crippen LogP contribution in [0, 0.1) is 5.41 Å². The van der Waals surface area contributed by atoms with Gasteiger partial charge in [-0.05, 0) is 23.3 Å². The summed E-state index contributed by atoms with van der Waals surface area (Å²) in [5.41, 5.74) is 6.88. The van der Waals surface area contributed by atoms with E-state index in [0.29, 0.717) is 12.3 Å². The number of aliphatic carboxylic acids is 1. The Bertz CT molecular complexity index is 944. The molecule has 0 saturated carbocycles. The third-order valence-corrected chi connectivity index (χ3v) is 8.73. The molecule has 6 nitrogen and oxygen atoms in total. The van der Waals surface area contributed by atoms with Crippen molar-refractivity contribution in [2.24, 2.45) is 11.1 Å². The molecule has 1 heterocycles. The second kappa shape index (κ2) is 7.87. The molecular weight excluding hydrogens is 396 g/mol. The lowest BCUT2D eigenvalue weighted by molar-refractivity contribution is -0.141. The third-order valence-electron chi connectivity index (χ3n) is 5.12. The number of hydrogen-bond donors (Lipinski definition) is 2. The number of carboxylic acids is 1. The van der Waals surface area contributed by atoms with Crippen molar-refractivity contribution >= 4 is 27.8 Å². The van der Waals surface area contributed by atoms with Gasteiger partial charge in [0.1, 0.15) is 6.04 Å². The number of carbonyl (C=O) groups is 1. The number of carboxylic acid groups (broad SMARTS) is 1. The van der Waals surface area contributed by atoms with Crippen molar-refractivity contribution < 1.29 is 18.3 Å². The van der Waals surface area contributed by atoms with Gasteiger partial charge in [0.25, 0.3) is 0 Å². The largest absolute Gasteiger partial charge is 0.480 e. The van der Waals surface area contributed by atoms with Crippen LogP contribution in [-0.4, -0.2) is 47.5 Å². The lowest BCUT2D eigenvalue weighted by atomic mass is 9.84. The van der Waals surface area contributed by atoms with Crippen molar-refractivity contribution in [3.8, 4) is 11.1 Å². The highest BCUT2D eigenvalue weighted by atomic mass is 32.2. The summed E-state index contributed by atoms with van der Waals surface area (Å²) >= 11 is 1.43. The molecule has 3 N–H and O–H groups in total. The first kappa shape index (κ1) is 20.9. The summed E-state index contributed by atoms with van der Waals surface area (Å²) in [5, 5.41) is 8.78. The Labute approximate surface area is 169 Å². The molecule has 0 aliphatic carbocycles. The van der Waals surface area contributed by atoms with Crippen molar-refractivity contribution in [3.05, 3.63) is 54.6 Å². The average molecular weight is 421 g/mol. The molecule has 2 aromatic carbocycles. The monoisotopic (exact) mass is 420 g/mol. The van der Waals surface area contributed by atoms with Crippen LogP contribution in [0.2, 0.25) is 0 Å². The van der Waals surface area contributed by atoms with Crippen LogP contribution in [0.4, 0.5) is 0 Å². The van der Waals surface area contributed by atoms with E-state index in [1.165, 1.54) is 16.1 Å². The zero-order chi connectivity index (χ0) is 20.5. The standard InChI is InChI=1S/C20H24N2O4S2/c1-20(2,17(21)18(23)24)19-22(12-13-27-19)28(25,26)16-10-8-15(9-11-16)14-6-4-3-5-7-14/h3-11,17,19H,12-13,21H2,1-2H3,(H,23,24). The van der Waals surface area contributed by atoms with Gasteiger partial charge >= 0.3 is 5.97 Å². The van der Waals surface area contributed by atoms with Crippen LogP contribution in [0.3, 0.4) is 0 Å². The summed E-state index contributed by atoms with van der Waals surface area (Å²) in [7, 11) is -3.77. The second-order valence-electron chi connectivity index (χ2n) is 7.37. The van der Waals surface area contributed by atoms with Gasteiger partial charge in [-0.1, -0.05) is 56.3 Å². The Morgan fingerprint density at radius 1 is 1.14 bits per heavy atom. The minimum Gasteiger partial charge on any atom is -0.480 e. The summed E-state index contributed by atoms with van der Waals surface area (Å²) in [6.07, 6.45) is 0. The van der Waals surface area contributed by atoms with E-state index in [0.717, 1.165) is 11.1 Å². The number of nitrogens with two attached hydrogens (primary N) is 1. The minimum absolute atomic E-state index is 0.194. The number of benzene rings is 2. The van der Waals surface area contributed by atoms with Gasteiger partial charge in [0.15, 0.2) is 0 Å². The van der Waals surface area contributed by atoms with E-state index in [1.807, 2.05) is 30.3 Å². The van der Waals surface area contributed by atoms with E-state index in [-0.39, 0.29) is 4.90 Å². The molecular formula is C20H24N2O4S2. The van der Waals surface area contributed by atoms with Gasteiger partial charge in [-0.3, -0.25) is 4.79 Å². The fraction of sp³-hybridized carbons (Fsp3) is 0.350. The molecule has 2 aromatic rings. The third kappa shape index (κ3) is 3.82. The van der Waals surface area contributed by atoms with E-state index in [4.69, 9.17) is 5.73 Å². The molecule has 150 valence electrons. The lowest BCUT2D eigenvalue weighted by Gasteiger charge is -2.38. The molecule has 2 unspecified atom stereocenters. The molecule has 1 aliphatic heterocycles. The highest BCUT2D eigenvalue weighted by Gasteiger charge is 2.48. The Kier molecular flexibility index (Phi) is 5.86. The van der Waals surface area contributed by atoms with E-state index < -0.39 is 32.8 Å². The Morgan fingerprint density at radius 3 is 2.29 bits per heavy atom. The molecule has 28 heavy (non-hydrogen) atoms. The van der Waals surface area contributed by atoms with Crippen LogP contribution in [-0.2, 0) is 14.8 Å². The van der Waals surface area contributed by atoms with Crippen LogP contribution in [0.15, 0.2) is 59.5 Å². The van der Waals surface area contributed by atoms with E-state index in [9.17, 15) is 18.3 Å². The van der Waals surface area contributed by atoms with E-state index in [1.54, 1.807) is 38.1 Å². The highest BCUT2D eigenvalue weighted by molar-refractivity contribution is 8.01. The predicted octanol–water partition coefficient (Wildman–Crippen LogP) is 2.86. The minimum atomic E-state index is -3.77. The summed E-state index contributed by atoms with van der Waals surface area (Å²) in [6.45, 7) is 3.74. The van der Waals surface area contributed by atoms with Crippen LogP contribution in [0.5, 0.6) is 0 Å². The Morgan fingerprint density at radius 2 is 1.71 bits per heavy atom. The zero-order valence-electron chi connectivity index (χ0n) is 15.8. The summed E-state index contributed by atoms with van der Waals surface area (Å²) in [6, 6.07) is 15.3. The highest BCUT2D eigenvalue weighted by Crippen LogP contribution is 2.42. The predicted molar refractivity (Wildman–Crippen MR) is 111 cm³/mol. The molecule has 0 aromatic heterocycles. The SMILES string of the molecule is CC(C)(C(N)C(=O)O)C1SCCN1S(=O)(=O)c1ccc(-c2ccccc2)cc1. The smallest absolute Gasteiger partial charge is 0.321 e. The van der Waals surface area contributed by atoms with Gasteiger partial charge in [-0.25, -0.2) is 8.42 Å². The Balaban J connectivity index is 1.90. The second-order valence-corrected chi connectivity index (χ2v) is 10.4. The van der Waals surface area contributed by atoms with Crippen LogP contribution >= 0.6 is 11.8 Å². The normalized spacial score (nSPS) is 19.5. The topological polar surface area (TPSA) is 101 Å². The molecule has 8 heteroatoms. The van der Waals surface area contributed by atoms with Gasteiger partial charge in [0.2, 0.25) is 10.0 Å². The molecule has 0 amide bonds. The van der Waals surface area contributed by atoms with Crippen LogP contribution in [0.1, 0.15) is 13.8 Å². The quantitative estimate of drug-likeness (QED) is 0.745. The Hall–Kier alpha value is -1.87. The van der Waals surface area contributed by atoms with Gasteiger partial charge in [-0.2, -0.15) is 4.31 Å². The zero-order valence-corrected chi connectivity index (χ0v) is 17.4. The first-order valence-corrected chi connectivity index (χ1v) is 11.4. The molecule has 1 saturated heterocycles. The molecule has 3 rings (SSSR count). The molecule has 1 fully saturated rings. The van der Waals surface area contributed by atoms with Gasteiger partial charge in [0.05, 0.1) is 10.3 Å². The van der Waals surface area contributed by atoms with Crippen molar-refractivity contribution in [2.45, 2.75) is 30.2 Å². The molecule has 0 spiro atoms. The average Bonchev–Trinajstić information content (AvgIpc) is 3.20. The molecule has 1 aliphatic rings. The number of nitrogens with zero attached hydrogens (tertiary/aromatic N) is 1. The fourth-order valence-corrected chi connectivity index (χ4v) is 6.96. The van der Waals surface area contributed by atoms with Crippen molar-refractivity contribution in [1.82, 2.24) is 4.31 Å². The lowest BCUT2D eigenvalue weighted by Crippen LogP contribution is -2.54. The fourth-order valence-electron chi connectivity index (χ4n) is 3.34. The first-order chi connectivity index (χ1) is 13.2. The van der Waals surface area contributed by atoms with Crippen molar-refractivity contribution in [3.63, 3.8) is 0 Å². The van der Waals surface area contributed by atoms with Crippen molar-refractivity contribution in [2.75, 3.05) is 12.3 Å².